The minimum Gasteiger partial charge on any atom is -0.376 e. The lowest BCUT2D eigenvalue weighted by atomic mass is 10.2. The van der Waals surface area contributed by atoms with Crippen LogP contribution in [0.2, 0.25) is 0 Å². The van der Waals surface area contributed by atoms with E-state index in [0.717, 1.165) is 6.42 Å². The SMILES string of the molecule is CCC(C)NCC(=O)NCC1COCCO1. The average Bonchev–Trinajstić information content (AvgIpc) is 2.34. The summed E-state index contributed by atoms with van der Waals surface area (Å²) in [5.41, 5.74) is 0. The Bertz CT molecular complexity index is 205. The van der Waals surface area contributed by atoms with Crippen LogP contribution < -0.4 is 10.6 Å². The molecule has 0 aromatic heterocycles. The van der Waals surface area contributed by atoms with Gasteiger partial charge in [0.2, 0.25) is 5.91 Å². The van der Waals surface area contributed by atoms with Gasteiger partial charge in [0.25, 0.3) is 0 Å². The lowest BCUT2D eigenvalue weighted by Gasteiger charge is -2.23. The van der Waals surface area contributed by atoms with Gasteiger partial charge in [0.15, 0.2) is 0 Å². The molecule has 0 aromatic rings. The number of ether oxygens (including phenoxy) is 2. The molecule has 0 radical (unpaired) electrons. The van der Waals surface area contributed by atoms with Crippen LogP contribution >= 0.6 is 0 Å². The summed E-state index contributed by atoms with van der Waals surface area (Å²) in [4.78, 5) is 11.4. The Morgan fingerprint density at radius 2 is 2.31 bits per heavy atom. The molecule has 2 atom stereocenters. The molecule has 2 unspecified atom stereocenters. The van der Waals surface area contributed by atoms with Crippen LogP contribution in [0.3, 0.4) is 0 Å². The van der Waals surface area contributed by atoms with Crippen LogP contribution in [-0.2, 0) is 14.3 Å². The Balaban J connectivity index is 2.05. The van der Waals surface area contributed by atoms with Gasteiger partial charge in [-0.25, -0.2) is 0 Å². The molecule has 2 N–H and O–H groups in total. The van der Waals surface area contributed by atoms with Gasteiger partial charge in [0.05, 0.1) is 32.5 Å². The van der Waals surface area contributed by atoms with Crippen LogP contribution in [0.25, 0.3) is 0 Å². The third-order valence-corrected chi connectivity index (χ3v) is 2.64. The molecule has 0 aliphatic carbocycles. The highest BCUT2D eigenvalue weighted by molar-refractivity contribution is 5.78. The minimum absolute atomic E-state index is 0.00120. The van der Waals surface area contributed by atoms with E-state index in [9.17, 15) is 4.79 Å². The van der Waals surface area contributed by atoms with E-state index in [-0.39, 0.29) is 12.0 Å². The van der Waals surface area contributed by atoms with Gasteiger partial charge in [0.1, 0.15) is 0 Å². The molecule has 1 aliphatic heterocycles. The molecule has 5 nitrogen and oxygen atoms in total. The zero-order valence-electron chi connectivity index (χ0n) is 10.1. The molecule has 1 saturated heterocycles. The minimum atomic E-state index is 0.00120. The van der Waals surface area contributed by atoms with Crippen molar-refractivity contribution >= 4 is 5.91 Å². The Labute approximate surface area is 96.9 Å². The van der Waals surface area contributed by atoms with Crippen LogP contribution in [0.15, 0.2) is 0 Å². The second-order valence-corrected chi connectivity index (χ2v) is 4.06. The van der Waals surface area contributed by atoms with Gasteiger partial charge in [-0.15, -0.1) is 0 Å². The first-order valence-electron chi connectivity index (χ1n) is 5.91. The third-order valence-electron chi connectivity index (χ3n) is 2.64. The van der Waals surface area contributed by atoms with Gasteiger partial charge >= 0.3 is 0 Å². The van der Waals surface area contributed by atoms with Crippen LogP contribution in [0.4, 0.5) is 0 Å². The summed E-state index contributed by atoms with van der Waals surface area (Å²) in [6, 6.07) is 0.375. The number of nitrogens with one attached hydrogen (secondary N) is 2. The maximum absolute atomic E-state index is 11.4. The van der Waals surface area contributed by atoms with Gasteiger partial charge in [-0.1, -0.05) is 6.92 Å². The monoisotopic (exact) mass is 230 g/mol. The zero-order valence-corrected chi connectivity index (χ0v) is 10.1. The lowest BCUT2D eigenvalue weighted by Crippen LogP contribution is -2.43. The van der Waals surface area contributed by atoms with Crippen LogP contribution in [0.1, 0.15) is 20.3 Å². The van der Waals surface area contributed by atoms with Crippen molar-refractivity contribution in [2.45, 2.75) is 32.4 Å². The number of carbonyl (C=O) groups is 1. The third kappa shape index (κ3) is 5.44. The van der Waals surface area contributed by atoms with Crippen molar-refractivity contribution in [3.63, 3.8) is 0 Å². The number of hydrogen-bond acceptors (Lipinski definition) is 4. The van der Waals surface area contributed by atoms with E-state index in [2.05, 4.69) is 24.5 Å². The Kier molecular flexibility index (Phi) is 6.37. The molecular weight excluding hydrogens is 208 g/mol. The van der Waals surface area contributed by atoms with Crippen molar-refractivity contribution in [3.05, 3.63) is 0 Å². The topological polar surface area (TPSA) is 59.6 Å². The molecule has 5 heteroatoms. The average molecular weight is 230 g/mol. The fraction of sp³-hybridized carbons (Fsp3) is 0.909. The molecule has 0 aromatic carbocycles. The maximum atomic E-state index is 11.4. The van der Waals surface area contributed by atoms with Gasteiger partial charge in [-0.3, -0.25) is 4.79 Å². The van der Waals surface area contributed by atoms with Crippen LogP contribution in [0.5, 0.6) is 0 Å². The van der Waals surface area contributed by atoms with E-state index < -0.39 is 0 Å². The van der Waals surface area contributed by atoms with Crippen molar-refractivity contribution in [1.82, 2.24) is 10.6 Å². The highest BCUT2D eigenvalue weighted by atomic mass is 16.6. The molecule has 16 heavy (non-hydrogen) atoms. The largest absolute Gasteiger partial charge is 0.376 e. The van der Waals surface area contributed by atoms with E-state index in [4.69, 9.17) is 9.47 Å². The quantitative estimate of drug-likeness (QED) is 0.669. The lowest BCUT2D eigenvalue weighted by molar-refractivity contribution is -0.123. The van der Waals surface area contributed by atoms with E-state index in [0.29, 0.717) is 39.0 Å². The maximum Gasteiger partial charge on any atom is 0.234 e. The molecule has 1 amide bonds. The molecule has 1 rings (SSSR count). The Hall–Kier alpha value is -0.650. The molecular formula is C11H22N2O3. The van der Waals surface area contributed by atoms with Crippen molar-refractivity contribution in [2.24, 2.45) is 0 Å². The zero-order chi connectivity index (χ0) is 11.8. The van der Waals surface area contributed by atoms with E-state index >= 15 is 0 Å². The molecule has 1 heterocycles. The summed E-state index contributed by atoms with van der Waals surface area (Å²) < 4.78 is 10.7. The van der Waals surface area contributed by atoms with Crippen LogP contribution in [0, 0.1) is 0 Å². The summed E-state index contributed by atoms with van der Waals surface area (Å²) >= 11 is 0. The molecule has 0 bridgehead atoms. The van der Waals surface area contributed by atoms with E-state index in [1.807, 2.05) is 0 Å². The van der Waals surface area contributed by atoms with Gasteiger partial charge < -0.3 is 20.1 Å². The smallest absolute Gasteiger partial charge is 0.234 e. The number of carbonyl (C=O) groups excluding carboxylic acids is 1. The Morgan fingerprint density at radius 3 is 2.94 bits per heavy atom. The van der Waals surface area contributed by atoms with Gasteiger partial charge in [0, 0.05) is 12.6 Å². The fourth-order valence-corrected chi connectivity index (χ4v) is 1.36. The Morgan fingerprint density at radius 1 is 1.50 bits per heavy atom. The summed E-state index contributed by atoms with van der Waals surface area (Å²) in [5.74, 6) is 0.00877. The second kappa shape index (κ2) is 7.60. The van der Waals surface area contributed by atoms with Crippen molar-refractivity contribution in [1.29, 1.82) is 0 Å². The number of rotatable bonds is 6. The fourth-order valence-electron chi connectivity index (χ4n) is 1.36. The first-order valence-corrected chi connectivity index (χ1v) is 5.91. The van der Waals surface area contributed by atoms with E-state index in [1.54, 1.807) is 0 Å². The number of hydrogen-bond donors (Lipinski definition) is 2. The first-order chi connectivity index (χ1) is 7.72. The van der Waals surface area contributed by atoms with Crippen LogP contribution in [-0.4, -0.2) is 51.0 Å². The number of amides is 1. The normalized spacial score (nSPS) is 22.8. The first kappa shape index (κ1) is 13.4. The summed E-state index contributed by atoms with van der Waals surface area (Å²) in [5, 5.41) is 5.96. The van der Waals surface area contributed by atoms with Gasteiger partial charge in [-0.05, 0) is 13.3 Å². The molecule has 0 saturated carbocycles. The molecule has 94 valence electrons. The second-order valence-electron chi connectivity index (χ2n) is 4.06. The van der Waals surface area contributed by atoms with Crippen molar-refractivity contribution in [2.75, 3.05) is 32.9 Å². The van der Waals surface area contributed by atoms with Crippen molar-refractivity contribution in [3.8, 4) is 0 Å². The summed E-state index contributed by atoms with van der Waals surface area (Å²) in [7, 11) is 0. The standard InChI is InChI=1S/C11H22N2O3/c1-3-9(2)12-7-11(14)13-6-10-8-15-4-5-16-10/h9-10,12H,3-8H2,1-2H3,(H,13,14). The predicted octanol–water partition coefficient (Wildman–Crippen LogP) is -0.0939. The highest BCUT2D eigenvalue weighted by Gasteiger charge is 2.15. The van der Waals surface area contributed by atoms with Gasteiger partial charge in [-0.2, -0.15) is 0 Å². The summed E-state index contributed by atoms with van der Waals surface area (Å²) in [6.07, 6.45) is 1.02. The van der Waals surface area contributed by atoms with Crippen molar-refractivity contribution < 1.29 is 14.3 Å². The summed E-state index contributed by atoms with van der Waals surface area (Å²) in [6.45, 7) is 6.88. The molecule has 1 aliphatic rings. The highest BCUT2D eigenvalue weighted by Crippen LogP contribution is 1.98. The molecule has 0 spiro atoms. The van der Waals surface area contributed by atoms with E-state index in [1.165, 1.54) is 0 Å². The molecule has 1 fully saturated rings. The predicted molar refractivity (Wildman–Crippen MR) is 61.3 cm³/mol.